The summed E-state index contributed by atoms with van der Waals surface area (Å²) in [5, 5.41) is 6.19. The van der Waals surface area contributed by atoms with Crippen molar-refractivity contribution in [2.75, 3.05) is 19.6 Å². The maximum absolute atomic E-state index is 11.7. The van der Waals surface area contributed by atoms with E-state index in [0.717, 1.165) is 19.6 Å². The minimum absolute atomic E-state index is 0.151. The summed E-state index contributed by atoms with van der Waals surface area (Å²) in [6.45, 7) is 11.1. The van der Waals surface area contributed by atoms with E-state index in [1.165, 1.54) is 0 Å². The lowest BCUT2D eigenvalue weighted by molar-refractivity contribution is -0.127. The fraction of sp³-hybridized carbons (Fsp3) is 0.909. The van der Waals surface area contributed by atoms with Gasteiger partial charge in [0.2, 0.25) is 5.91 Å². The van der Waals surface area contributed by atoms with Crippen LogP contribution in [-0.2, 0) is 4.79 Å². The van der Waals surface area contributed by atoms with Crippen LogP contribution in [0.3, 0.4) is 0 Å². The van der Waals surface area contributed by atoms with Crippen molar-refractivity contribution in [1.29, 1.82) is 0 Å². The van der Waals surface area contributed by atoms with Gasteiger partial charge in [0.25, 0.3) is 0 Å². The fourth-order valence-electron chi connectivity index (χ4n) is 1.39. The molecule has 1 aliphatic rings. The molecule has 1 heterocycles. The van der Waals surface area contributed by atoms with Crippen LogP contribution < -0.4 is 10.6 Å². The third kappa shape index (κ3) is 3.29. The van der Waals surface area contributed by atoms with Crippen molar-refractivity contribution in [2.24, 2.45) is 17.3 Å². The Kier molecular flexibility index (Phi) is 3.53. The normalized spacial score (nSPS) is 20.0. The lowest BCUT2D eigenvalue weighted by Crippen LogP contribution is -2.50. The van der Waals surface area contributed by atoms with E-state index < -0.39 is 0 Å². The number of amides is 1. The minimum Gasteiger partial charge on any atom is -0.355 e. The van der Waals surface area contributed by atoms with Crippen LogP contribution in [0.4, 0.5) is 0 Å². The minimum atomic E-state index is 0.151. The molecule has 0 radical (unpaired) electrons. The van der Waals surface area contributed by atoms with Crippen LogP contribution in [0, 0.1) is 17.3 Å². The van der Waals surface area contributed by atoms with Gasteiger partial charge < -0.3 is 10.6 Å². The number of hydrogen-bond donors (Lipinski definition) is 2. The van der Waals surface area contributed by atoms with Crippen LogP contribution >= 0.6 is 0 Å². The van der Waals surface area contributed by atoms with Crippen molar-refractivity contribution >= 4 is 5.91 Å². The van der Waals surface area contributed by atoms with Crippen LogP contribution in [0.2, 0.25) is 0 Å². The Labute approximate surface area is 86.6 Å². The van der Waals surface area contributed by atoms with Crippen molar-refractivity contribution in [3.8, 4) is 0 Å². The molecule has 1 aliphatic heterocycles. The first-order valence-corrected chi connectivity index (χ1v) is 5.38. The van der Waals surface area contributed by atoms with Crippen molar-refractivity contribution in [3.05, 3.63) is 0 Å². The second kappa shape index (κ2) is 4.30. The molecule has 82 valence electrons. The highest BCUT2D eigenvalue weighted by molar-refractivity contribution is 5.78. The van der Waals surface area contributed by atoms with Gasteiger partial charge in [0.15, 0.2) is 0 Å². The van der Waals surface area contributed by atoms with Gasteiger partial charge in [-0.1, -0.05) is 27.7 Å². The van der Waals surface area contributed by atoms with Gasteiger partial charge in [-0.3, -0.25) is 4.79 Å². The molecule has 1 unspecified atom stereocenters. The summed E-state index contributed by atoms with van der Waals surface area (Å²) < 4.78 is 0. The molecule has 3 heteroatoms. The number of nitrogens with one attached hydrogen (secondary N) is 2. The van der Waals surface area contributed by atoms with E-state index in [-0.39, 0.29) is 17.2 Å². The Morgan fingerprint density at radius 2 is 2.07 bits per heavy atom. The highest BCUT2D eigenvalue weighted by Crippen LogP contribution is 2.17. The molecule has 0 bridgehead atoms. The number of carbonyl (C=O) groups is 1. The highest BCUT2D eigenvalue weighted by atomic mass is 16.1. The van der Waals surface area contributed by atoms with E-state index in [9.17, 15) is 4.79 Å². The highest BCUT2D eigenvalue weighted by Gasteiger charge is 2.28. The lowest BCUT2D eigenvalue weighted by Gasteiger charge is -2.32. The average Bonchev–Trinajstić information content (AvgIpc) is 1.95. The summed E-state index contributed by atoms with van der Waals surface area (Å²) in [5.74, 6) is 0.889. The van der Waals surface area contributed by atoms with Gasteiger partial charge in [0, 0.05) is 12.5 Å². The van der Waals surface area contributed by atoms with Gasteiger partial charge in [0.05, 0.1) is 0 Å². The van der Waals surface area contributed by atoms with Crippen molar-refractivity contribution < 1.29 is 4.79 Å². The van der Waals surface area contributed by atoms with Crippen molar-refractivity contribution in [2.45, 2.75) is 27.7 Å². The molecule has 1 amide bonds. The summed E-state index contributed by atoms with van der Waals surface area (Å²) in [6.07, 6.45) is 0. The van der Waals surface area contributed by atoms with Crippen LogP contribution in [0.1, 0.15) is 27.7 Å². The summed E-state index contributed by atoms with van der Waals surface area (Å²) in [7, 11) is 0. The Morgan fingerprint density at radius 3 is 2.43 bits per heavy atom. The Bertz CT molecular complexity index is 204. The summed E-state index contributed by atoms with van der Waals surface area (Å²) in [4.78, 5) is 11.7. The van der Waals surface area contributed by atoms with E-state index in [4.69, 9.17) is 0 Å². The average molecular weight is 198 g/mol. The lowest BCUT2D eigenvalue weighted by atomic mass is 9.88. The molecule has 2 N–H and O–H groups in total. The molecule has 0 saturated carbocycles. The maximum atomic E-state index is 11.7. The Balaban J connectivity index is 2.27. The molecule has 14 heavy (non-hydrogen) atoms. The number of hydrogen-bond acceptors (Lipinski definition) is 2. The Morgan fingerprint density at radius 1 is 1.50 bits per heavy atom. The summed E-state index contributed by atoms with van der Waals surface area (Å²) in [5.41, 5.74) is 0.174. The molecule has 0 spiro atoms. The Hall–Kier alpha value is -0.570. The number of rotatable bonds is 3. The molecular weight excluding hydrogens is 176 g/mol. The van der Waals surface area contributed by atoms with E-state index in [0.29, 0.717) is 5.92 Å². The van der Waals surface area contributed by atoms with Crippen LogP contribution in [-0.4, -0.2) is 25.5 Å². The molecule has 1 rings (SSSR count). The third-order valence-electron chi connectivity index (χ3n) is 2.73. The standard InChI is InChI=1S/C11H22N2O/c1-8(9-5-12-6-9)10(14)13-7-11(2,3)4/h8-9,12H,5-7H2,1-4H3,(H,13,14). The largest absolute Gasteiger partial charge is 0.355 e. The van der Waals surface area contributed by atoms with Crippen molar-refractivity contribution in [1.82, 2.24) is 10.6 Å². The van der Waals surface area contributed by atoms with Crippen LogP contribution in [0.15, 0.2) is 0 Å². The molecule has 0 aromatic rings. The van der Waals surface area contributed by atoms with E-state index >= 15 is 0 Å². The molecule has 1 fully saturated rings. The van der Waals surface area contributed by atoms with Gasteiger partial charge in [0.1, 0.15) is 0 Å². The quantitative estimate of drug-likeness (QED) is 0.710. The van der Waals surface area contributed by atoms with Gasteiger partial charge in [-0.15, -0.1) is 0 Å². The van der Waals surface area contributed by atoms with Crippen molar-refractivity contribution in [3.63, 3.8) is 0 Å². The molecule has 0 aromatic heterocycles. The molecule has 1 saturated heterocycles. The zero-order valence-corrected chi connectivity index (χ0v) is 9.68. The monoisotopic (exact) mass is 198 g/mol. The van der Waals surface area contributed by atoms with Gasteiger partial charge in [-0.2, -0.15) is 0 Å². The first-order valence-electron chi connectivity index (χ1n) is 5.38. The van der Waals surface area contributed by atoms with Gasteiger partial charge in [-0.05, 0) is 24.4 Å². The zero-order chi connectivity index (χ0) is 10.8. The number of carbonyl (C=O) groups excluding carboxylic acids is 1. The molecule has 0 aromatic carbocycles. The molecule has 0 aliphatic carbocycles. The van der Waals surface area contributed by atoms with E-state index in [2.05, 4.69) is 31.4 Å². The van der Waals surface area contributed by atoms with Crippen LogP contribution in [0.25, 0.3) is 0 Å². The second-order valence-corrected chi connectivity index (χ2v) is 5.49. The second-order valence-electron chi connectivity index (χ2n) is 5.49. The fourth-order valence-corrected chi connectivity index (χ4v) is 1.39. The predicted octanol–water partition coefficient (Wildman–Crippen LogP) is 1.00. The third-order valence-corrected chi connectivity index (χ3v) is 2.73. The van der Waals surface area contributed by atoms with Gasteiger partial charge in [-0.25, -0.2) is 0 Å². The molecular formula is C11H22N2O. The predicted molar refractivity (Wildman–Crippen MR) is 58.0 cm³/mol. The zero-order valence-electron chi connectivity index (χ0n) is 9.68. The molecule has 1 atom stereocenters. The van der Waals surface area contributed by atoms with Gasteiger partial charge >= 0.3 is 0 Å². The first kappa shape index (κ1) is 11.5. The topological polar surface area (TPSA) is 41.1 Å². The maximum Gasteiger partial charge on any atom is 0.223 e. The smallest absolute Gasteiger partial charge is 0.223 e. The van der Waals surface area contributed by atoms with E-state index in [1.807, 2.05) is 6.92 Å². The summed E-state index contributed by atoms with van der Waals surface area (Å²) >= 11 is 0. The first-order chi connectivity index (χ1) is 6.40. The summed E-state index contributed by atoms with van der Waals surface area (Å²) in [6, 6.07) is 0. The van der Waals surface area contributed by atoms with E-state index in [1.54, 1.807) is 0 Å². The SMILES string of the molecule is CC(C(=O)NCC(C)(C)C)C1CNC1. The van der Waals surface area contributed by atoms with Crippen LogP contribution in [0.5, 0.6) is 0 Å². The molecule has 3 nitrogen and oxygen atoms in total.